The summed E-state index contributed by atoms with van der Waals surface area (Å²) in [6.45, 7) is 9.69. The van der Waals surface area contributed by atoms with Gasteiger partial charge in [-0.25, -0.2) is 0 Å². The summed E-state index contributed by atoms with van der Waals surface area (Å²) in [6, 6.07) is 12.0. The monoisotopic (exact) mass is 378 g/mol. The number of hydrogen-bond donors (Lipinski definition) is 2. The highest BCUT2D eigenvalue weighted by molar-refractivity contribution is 5.96. The molecular formula is C22H26N4O2. The summed E-state index contributed by atoms with van der Waals surface area (Å²) in [5.41, 5.74) is 5.24. The van der Waals surface area contributed by atoms with Gasteiger partial charge in [0, 0.05) is 23.5 Å². The van der Waals surface area contributed by atoms with E-state index in [9.17, 15) is 9.59 Å². The number of carbonyl (C=O) groups excluding carboxylic acids is 1. The molecule has 0 spiro atoms. The Labute approximate surface area is 164 Å². The van der Waals surface area contributed by atoms with Crippen molar-refractivity contribution >= 4 is 5.91 Å². The van der Waals surface area contributed by atoms with Crippen LogP contribution in [0.2, 0.25) is 0 Å². The summed E-state index contributed by atoms with van der Waals surface area (Å²) < 4.78 is 1.88. The summed E-state index contributed by atoms with van der Waals surface area (Å²) in [4.78, 5) is 27.8. The van der Waals surface area contributed by atoms with Crippen LogP contribution in [0, 0.1) is 27.7 Å². The summed E-state index contributed by atoms with van der Waals surface area (Å²) in [6.07, 6.45) is 0. The molecule has 1 unspecified atom stereocenters. The minimum absolute atomic E-state index is 0.0173. The molecule has 3 rings (SSSR count). The lowest BCUT2D eigenvalue weighted by atomic mass is 10.1. The van der Waals surface area contributed by atoms with E-state index in [0.717, 1.165) is 22.5 Å². The van der Waals surface area contributed by atoms with Crippen molar-refractivity contribution in [2.45, 2.75) is 47.2 Å². The molecule has 0 aliphatic carbocycles. The Balaban J connectivity index is 1.83. The molecule has 2 heterocycles. The average Bonchev–Trinajstić information content (AvgIpc) is 2.95. The van der Waals surface area contributed by atoms with Crippen LogP contribution in [0.4, 0.5) is 0 Å². The number of H-pyrrole nitrogens is 1. The van der Waals surface area contributed by atoms with E-state index in [1.54, 1.807) is 0 Å². The van der Waals surface area contributed by atoms with Crippen molar-refractivity contribution < 1.29 is 4.79 Å². The number of hydrogen-bond acceptors (Lipinski definition) is 3. The predicted molar refractivity (Wildman–Crippen MR) is 110 cm³/mol. The van der Waals surface area contributed by atoms with Gasteiger partial charge in [0.05, 0.1) is 17.3 Å². The maximum atomic E-state index is 12.8. The summed E-state index contributed by atoms with van der Waals surface area (Å²) >= 11 is 0. The van der Waals surface area contributed by atoms with Crippen LogP contribution < -0.4 is 10.9 Å². The van der Waals surface area contributed by atoms with Crippen molar-refractivity contribution in [3.63, 3.8) is 0 Å². The van der Waals surface area contributed by atoms with Crippen LogP contribution >= 0.6 is 0 Å². The smallest absolute Gasteiger partial charge is 0.255 e. The fourth-order valence-electron chi connectivity index (χ4n) is 3.60. The van der Waals surface area contributed by atoms with Gasteiger partial charge in [-0.05, 0) is 51.8 Å². The molecule has 0 saturated heterocycles. The Kier molecular flexibility index (Phi) is 5.49. The van der Waals surface area contributed by atoms with Gasteiger partial charge in [0.25, 0.3) is 11.5 Å². The third-order valence-corrected chi connectivity index (χ3v) is 5.12. The molecule has 146 valence electrons. The van der Waals surface area contributed by atoms with Crippen molar-refractivity contribution in [2.75, 3.05) is 0 Å². The minimum Gasteiger partial charge on any atom is -0.348 e. The highest BCUT2D eigenvalue weighted by Gasteiger charge is 2.22. The van der Waals surface area contributed by atoms with Crippen LogP contribution in [0.1, 0.15) is 57.1 Å². The topological polar surface area (TPSA) is 79.8 Å². The van der Waals surface area contributed by atoms with E-state index in [0.29, 0.717) is 16.8 Å². The van der Waals surface area contributed by atoms with Gasteiger partial charge in [-0.1, -0.05) is 30.3 Å². The van der Waals surface area contributed by atoms with Gasteiger partial charge in [-0.15, -0.1) is 0 Å². The third kappa shape index (κ3) is 3.76. The van der Waals surface area contributed by atoms with Gasteiger partial charge in [0.15, 0.2) is 0 Å². The maximum Gasteiger partial charge on any atom is 0.255 e. The minimum atomic E-state index is -0.221. The molecular weight excluding hydrogens is 352 g/mol. The van der Waals surface area contributed by atoms with Crippen molar-refractivity contribution in [3.8, 4) is 0 Å². The van der Waals surface area contributed by atoms with Crippen LogP contribution in [0.3, 0.4) is 0 Å². The molecule has 3 aromatic rings. The van der Waals surface area contributed by atoms with Crippen molar-refractivity contribution in [3.05, 3.63) is 86.1 Å². The second kappa shape index (κ2) is 7.84. The Hall–Kier alpha value is -3.15. The number of benzene rings is 1. The highest BCUT2D eigenvalue weighted by Crippen LogP contribution is 2.22. The lowest BCUT2D eigenvalue weighted by Crippen LogP contribution is -2.28. The standard InChI is InChI=1S/C22H26N4O2/c1-13-11-14(2)24-21(27)19(13)12-23-22(28)20-15(3)25-26(17(20)5)16(4)18-9-7-6-8-10-18/h6-11,16H,12H2,1-5H3,(H,23,28)(H,24,27). The van der Waals surface area contributed by atoms with E-state index < -0.39 is 0 Å². The van der Waals surface area contributed by atoms with E-state index >= 15 is 0 Å². The first kappa shape index (κ1) is 19.6. The van der Waals surface area contributed by atoms with E-state index in [2.05, 4.69) is 22.3 Å². The van der Waals surface area contributed by atoms with E-state index in [-0.39, 0.29) is 24.1 Å². The van der Waals surface area contributed by atoms with Gasteiger partial charge >= 0.3 is 0 Å². The first-order valence-electron chi connectivity index (χ1n) is 9.37. The van der Waals surface area contributed by atoms with Gasteiger partial charge in [0.1, 0.15) is 0 Å². The number of aryl methyl sites for hydroxylation is 3. The first-order chi connectivity index (χ1) is 13.3. The highest BCUT2D eigenvalue weighted by atomic mass is 16.2. The van der Waals surface area contributed by atoms with Gasteiger partial charge in [0.2, 0.25) is 0 Å². The first-order valence-corrected chi connectivity index (χ1v) is 9.37. The molecule has 1 amide bonds. The Morgan fingerprint density at radius 1 is 1.18 bits per heavy atom. The fraction of sp³-hybridized carbons (Fsp3) is 0.318. The molecule has 28 heavy (non-hydrogen) atoms. The van der Waals surface area contributed by atoms with Crippen molar-refractivity contribution in [2.24, 2.45) is 0 Å². The zero-order chi connectivity index (χ0) is 20.4. The predicted octanol–water partition coefficient (Wildman–Crippen LogP) is 3.34. The summed E-state index contributed by atoms with van der Waals surface area (Å²) in [5.74, 6) is -0.221. The molecule has 0 saturated carbocycles. The lowest BCUT2D eigenvalue weighted by molar-refractivity contribution is 0.0949. The number of nitrogens with one attached hydrogen (secondary N) is 2. The average molecular weight is 378 g/mol. The van der Waals surface area contributed by atoms with Gasteiger partial charge in [-0.3, -0.25) is 14.3 Å². The van der Waals surface area contributed by atoms with Gasteiger partial charge < -0.3 is 10.3 Å². The van der Waals surface area contributed by atoms with Crippen LogP contribution in [-0.4, -0.2) is 20.7 Å². The summed E-state index contributed by atoms with van der Waals surface area (Å²) in [5, 5.41) is 7.47. The quantitative estimate of drug-likeness (QED) is 0.715. The number of aromatic nitrogens is 3. The number of nitrogens with zero attached hydrogens (tertiary/aromatic N) is 2. The van der Waals surface area contributed by atoms with Crippen molar-refractivity contribution in [1.82, 2.24) is 20.1 Å². The number of rotatable bonds is 5. The van der Waals surface area contributed by atoms with Gasteiger partial charge in [-0.2, -0.15) is 5.10 Å². The zero-order valence-corrected chi connectivity index (χ0v) is 17.0. The van der Waals surface area contributed by atoms with E-state index in [4.69, 9.17) is 0 Å². The van der Waals surface area contributed by atoms with E-state index in [1.165, 1.54) is 0 Å². The maximum absolute atomic E-state index is 12.8. The van der Waals surface area contributed by atoms with Crippen LogP contribution in [0.25, 0.3) is 0 Å². The zero-order valence-electron chi connectivity index (χ0n) is 17.0. The molecule has 6 heteroatoms. The second-order valence-electron chi connectivity index (χ2n) is 7.20. The molecule has 0 aliphatic rings. The molecule has 1 aromatic carbocycles. The lowest BCUT2D eigenvalue weighted by Gasteiger charge is -2.15. The number of pyridine rings is 1. The largest absolute Gasteiger partial charge is 0.348 e. The van der Waals surface area contributed by atoms with Crippen molar-refractivity contribution in [1.29, 1.82) is 0 Å². The normalized spacial score (nSPS) is 12.0. The Bertz CT molecular complexity index is 1060. The molecule has 2 N–H and O–H groups in total. The molecule has 0 bridgehead atoms. The van der Waals surface area contributed by atoms with E-state index in [1.807, 2.05) is 68.8 Å². The molecule has 0 fully saturated rings. The fourth-order valence-corrected chi connectivity index (χ4v) is 3.60. The number of carbonyl (C=O) groups is 1. The SMILES string of the molecule is Cc1cc(C)c(CNC(=O)c2c(C)nn(C(C)c3ccccc3)c2C)c(=O)[nH]1. The van der Waals surface area contributed by atoms with Crippen LogP contribution in [0.15, 0.2) is 41.2 Å². The van der Waals surface area contributed by atoms with Crippen LogP contribution in [0.5, 0.6) is 0 Å². The third-order valence-electron chi connectivity index (χ3n) is 5.12. The molecule has 1 atom stereocenters. The summed E-state index contributed by atoms with van der Waals surface area (Å²) in [7, 11) is 0. The molecule has 2 aromatic heterocycles. The Morgan fingerprint density at radius 2 is 1.86 bits per heavy atom. The molecule has 0 radical (unpaired) electrons. The second-order valence-corrected chi connectivity index (χ2v) is 7.20. The molecule has 0 aliphatic heterocycles. The Morgan fingerprint density at radius 3 is 2.50 bits per heavy atom. The van der Waals surface area contributed by atoms with Crippen LogP contribution in [-0.2, 0) is 6.54 Å². The number of aromatic amines is 1. The number of amides is 1. The molecule has 6 nitrogen and oxygen atoms in total.